The molecule has 2 N–H and O–H groups in total. The van der Waals surface area contributed by atoms with Crippen LogP contribution >= 0.6 is 0 Å². The molecule has 0 fully saturated rings. The molecule has 2 aliphatic rings. The summed E-state index contributed by atoms with van der Waals surface area (Å²) in [6, 6.07) is 7.46. The van der Waals surface area contributed by atoms with Crippen LogP contribution in [0, 0.1) is 11.6 Å². The summed E-state index contributed by atoms with van der Waals surface area (Å²) in [7, 11) is 0. The van der Waals surface area contributed by atoms with Gasteiger partial charge in [-0.3, -0.25) is 9.59 Å². The van der Waals surface area contributed by atoms with Crippen LogP contribution in [0.3, 0.4) is 0 Å². The Hall–Kier alpha value is -4.28. The van der Waals surface area contributed by atoms with Crippen molar-refractivity contribution in [3.63, 3.8) is 0 Å². The van der Waals surface area contributed by atoms with E-state index in [9.17, 15) is 18.4 Å². The number of nitrogens with zero attached hydrogens (tertiary/aromatic N) is 5. The monoisotopic (exact) mass is 447 g/mol. The van der Waals surface area contributed by atoms with Gasteiger partial charge in [0.2, 0.25) is 5.91 Å². The highest BCUT2D eigenvalue weighted by atomic mass is 19.1. The second kappa shape index (κ2) is 6.61. The first kappa shape index (κ1) is 19.4. The number of fused-ring (bicyclic) bond motifs is 1. The van der Waals surface area contributed by atoms with Gasteiger partial charge in [0.15, 0.2) is 11.5 Å². The van der Waals surface area contributed by atoms with Crippen LogP contribution in [-0.4, -0.2) is 43.1 Å². The van der Waals surface area contributed by atoms with Gasteiger partial charge in [-0.15, -0.1) is 0 Å². The average molecular weight is 447 g/mol. The van der Waals surface area contributed by atoms with Gasteiger partial charge >= 0.3 is 0 Å². The van der Waals surface area contributed by atoms with Crippen molar-refractivity contribution in [1.29, 1.82) is 0 Å². The largest absolute Gasteiger partial charge is 0.349 e. The molecule has 11 heteroatoms. The lowest BCUT2D eigenvalue weighted by Crippen LogP contribution is -2.48. The molecule has 164 valence electrons. The minimum absolute atomic E-state index is 0.0232. The van der Waals surface area contributed by atoms with E-state index in [0.29, 0.717) is 22.2 Å². The number of nitrogens with one attached hydrogen (secondary N) is 2. The average Bonchev–Trinajstić information content (AvgIpc) is 3.27. The third-order valence-electron chi connectivity index (χ3n) is 6.05. The third-order valence-corrected chi connectivity index (χ3v) is 6.05. The Balaban J connectivity index is 1.56. The molecule has 6 rings (SSSR count). The van der Waals surface area contributed by atoms with Gasteiger partial charge < -0.3 is 10.6 Å². The smallest absolute Gasteiger partial charge is 0.270 e. The van der Waals surface area contributed by atoms with E-state index in [-0.39, 0.29) is 42.0 Å². The quantitative estimate of drug-likeness (QED) is 0.498. The molecule has 2 amide bonds. The van der Waals surface area contributed by atoms with Crippen molar-refractivity contribution in [2.24, 2.45) is 0 Å². The molecule has 1 aromatic carbocycles. The maximum atomic E-state index is 14.2. The minimum atomic E-state index is -0.975. The first-order valence-electron chi connectivity index (χ1n) is 10.1. The molecule has 0 radical (unpaired) electrons. The highest BCUT2D eigenvalue weighted by Gasteiger charge is 2.50. The molecule has 4 aromatic rings. The van der Waals surface area contributed by atoms with Crippen LogP contribution in [0.4, 0.5) is 14.6 Å². The van der Waals surface area contributed by atoms with Gasteiger partial charge in [0, 0.05) is 17.7 Å². The van der Waals surface area contributed by atoms with Crippen molar-refractivity contribution in [2.45, 2.75) is 18.9 Å². The lowest BCUT2D eigenvalue weighted by Gasteiger charge is -2.28. The Labute approximate surface area is 184 Å². The zero-order chi connectivity index (χ0) is 22.9. The number of aromatic nitrogens is 5. The van der Waals surface area contributed by atoms with Crippen LogP contribution in [0.25, 0.3) is 22.6 Å². The molecule has 0 saturated carbocycles. The Morgan fingerprint density at radius 3 is 2.79 bits per heavy atom. The highest BCUT2D eigenvalue weighted by molar-refractivity contribution is 6.11. The number of hydrogen-bond acceptors (Lipinski definition) is 6. The molecular weight excluding hydrogens is 432 g/mol. The summed E-state index contributed by atoms with van der Waals surface area (Å²) in [5.74, 6) is -1.51. The van der Waals surface area contributed by atoms with Crippen molar-refractivity contribution in [3.05, 3.63) is 65.0 Å². The Bertz CT molecular complexity index is 1520. The van der Waals surface area contributed by atoms with Gasteiger partial charge in [-0.2, -0.15) is 5.10 Å². The number of anilines is 1. The van der Waals surface area contributed by atoms with E-state index in [1.807, 2.05) is 0 Å². The van der Waals surface area contributed by atoms with Gasteiger partial charge in [0.25, 0.3) is 5.91 Å². The highest BCUT2D eigenvalue weighted by Crippen LogP contribution is 2.41. The standard InChI is InChI=1S/C22H15F2N7O2/c1-22-9-26-20(32)16-14(22)17(29-21(22)33)28-18(27-16)15-12-6-11(23)7-25-19(12)31(30-15)8-10-4-2-3-5-13(10)24/h2-7H,8-9H2,1H3,(H,26,32)(H,27,28,29,33)/t22-/m1/s1. The maximum Gasteiger partial charge on any atom is 0.270 e. The van der Waals surface area contributed by atoms with E-state index < -0.39 is 23.0 Å². The summed E-state index contributed by atoms with van der Waals surface area (Å²) in [6.07, 6.45) is 1.04. The van der Waals surface area contributed by atoms with E-state index >= 15 is 0 Å². The molecule has 0 spiro atoms. The normalized spacial score (nSPS) is 18.9. The molecule has 2 aliphatic heterocycles. The summed E-state index contributed by atoms with van der Waals surface area (Å²) in [4.78, 5) is 38.1. The van der Waals surface area contributed by atoms with E-state index in [1.165, 1.54) is 16.8 Å². The molecular formula is C22H15F2N7O2. The molecule has 1 atom stereocenters. The summed E-state index contributed by atoms with van der Waals surface area (Å²) in [5, 5.41) is 10.2. The summed E-state index contributed by atoms with van der Waals surface area (Å²) in [6.45, 7) is 1.88. The Kier molecular flexibility index (Phi) is 3.89. The zero-order valence-electron chi connectivity index (χ0n) is 17.2. The van der Waals surface area contributed by atoms with Crippen molar-refractivity contribution < 1.29 is 18.4 Å². The topological polar surface area (TPSA) is 115 Å². The zero-order valence-corrected chi connectivity index (χ0v) is 17.2. The van der Waals surface area contributed by atoms with Crippen LogP contribution in [0.5, 0.6) is 0 Å². The van der Waals surface area contributed by atoms with Crippen molar-refractivity contribution >= 4 is 28.7 Å². The molecule has 0 bridgehead atoms. The lowest BCUT2D eigenvalue weighted by atomic mass is 9.81. The summed E-state index contributed by atoms with van der Waals surface area (Å²) in [5.41, 5.74) is 0.339. The predicted molar refractivity (Wildman–Crippen MR) is 112 cm³/mol. The molecule has 33 heavy (non-hydrogen) atoms. The fourth-order valence-electron chi connectivity index (χ4n) is 4.31. The number of benzene rings is 1. The summed E-state index contributed by atoms with van der Waals surface area (Å²) >= 11 is 0. The maximum absolute atomic E-state index is 14.2. The fourth-order valence-corrected chi connectivity index (χ4v) is 4.31. The van der Waals surface area contributed by atoms with Crippen molar-refractivity contribution in [2.75, 3.05) is 11.9 Å². The first-order valence-corrected chi connectivity index (χ1v) is 10.1. The number of amides is 2. The van der Waals surface area contributed by atoms with Gasteiger partial charge in [0.1, 0.15) is 28.8 Å². The SMILES string of the molecule is C[C@@]12CNC(=O)c3nc(-c4nn(Cc5ccccc5F)c5ncc(F)cc45)nc(c31)NC2=O. The van der Waals surface area contributed by atoms with Crippen LogP contribution in [0.2, 0.25) is 0 Å². The minimum Gasteiger partial charge on any atom is -0.349 e. The van der Waals surface area contributed by atoms with Crippen LogP contribution in [0.15, 0.2) is 36.5 Å². The number of rotatable bonds is 3. The number of carbonyl (C=O) groups excluding carboxylic acids is 2. The van der Waals surface area contributed by atoms with Crippen LogP contribution < -0.4 is 10.6 Å². The Morgan fingerprint density at radius 1 is 1.15 bits per heavy atom. The van der Waals surface area contributed by atoms with Gasteiger partial charge in [-0.25, -0.2) is 28.4 Å². The second-order valence-corrected chi connectivity index (χ2v) is 8.21. The fraction of sp³-hybridized carbons (Fsp3) is 0.182. The van der Waals surface area contributed by atoms with Crippen LogP contribution in [0.1, 0.15) is 28.5 Å². The van der Waals surface area contributed by atoms with Gasteiger partial charge in [0.05, 0.1) is 23.5 Å². The van der Waals surface area contributed by atoms with E-state index in [2.05, 4.69) is 30.7 Å². The van der Waals surface area contributed by atoms with Crippen molar-refractivity contribution in [1.82, 2.24) is 30.0 Å². The number of pyridine rings is 1. The second-order valence-electron chi connectivity index (χ2n) is 8.21. The molecule has 0 aliphatic carbocycles. The Morgan fingerprint density at radius 2 is 1.97 bits per heavy atom. The van der Waals surface area contributed by atoms with E-state index in [0.717, 1.165) is 6.20 Å². The van der Waals surface area contributed by atoms with Crippen LogP contribution in [-0.2, 0) is 16.8 Å². The number of hydrogen-bond donors (Lipinski definition) is 2. The van der Waals surface area contributed by atoms with E-state index in [1.54, 1.807) is 25.1 Å². The lowest BCUT2D eigenvalue weighted by molar-refractivity contribution is -0.120. The third kappa shape index (κ3) is 2.75. The number of carbonyl (C=O) groups is 2. The predicted octanol–water partition coefficient (Wildman–Crippen LogP) is 2.17. The van der Waals surface area contributed by atoms with Gasteiger partial charge in [-0.05, 0) is 19.1 Å². The molecule has 5 heterocycles. The molecule has 0 unspecified atom stereocenters. The molecule has 3 aromatic heterocycles. The number of halogens is 2. The van der Waals surface area contributed by atoms with Crippen molar-refractivity contribution in [3.8, 4) is 11.5 Å². The molecule has 0 saturated heterocycles. The summed E-state index contributed by atoms with van der Waals surface area (Å²) < 4.78 is 29.8. The van der Waals surface area contributed by atoms with E-state index in [4.69, 9.17) is 0 Å². The first-order chi connectivity index (χ1) is 15.8. The van der Waals surface area contributed by atoms with Gasteiger partial charge in [-0.1, -0.05) is 18.2 Å². The molecule has 9 nitrogen and oxygen atoms in total.